The Morgan fingerprint density at radius 1 is 1.04 bits per heavy atom. The summed E-state index contributed by atoms with van der Waals surface area (Å²) in [7, 11) is -0.968. The third kappa shape index (κ3) is 5.48. The molecular formula is C17H17ClN2O5S. The molecule has 2 rings (SSSR count). The maximum Gasteiger partial charge on any atom is 0.266 e. The zero-order valence-electron chi connectivity index (χ0n) is 14.0. The van der Waals surface area contributed by atoms with Crippen LogP contribution >= 0.6 is 11.6 Å². The van der Waals surface area contributed by atoms with Gasteiger partial charge in [0.25, 0.3) is 15.9 Å². The SMILES string of the molecule is COc1ccc(C(=O)NNS(=O)(=O)/C=C/c2ccc(Cl)cc2)cc1OC. The predicted molar refractivity (Wildman–Crippen MR) is 99.6 cm³/mol. The van der Waals surface area contributed by atoms with Crippen molar-refractivity contribution in [3.05, 3.63) is 64.0 Å². The minimum Gasteiger partial charge on any atom is -0.493 e. The van der Waals surface area contributed by atoms with Crippen LogP contribution in [0.2, 0.25) is 5.02 Å². The van der Waals surface area contributed by atoms with E-state index in [2.05, 4.69) is 5.43 Å². The van der Waals surface area contributed by atoms with Crippen molar-refractivity contribution < 1.29 is 22.7 Å². The molecule has 0 fully saturated rings. The van der Waals surface area contributed by atoms with Crippen LogP contribution in [0, 0.1) is 0 Å². The number of hydrogen-bond acceptors (Lipinski definition) is 5. The molecule has 0 aliphatic rings. The van der Waals surface area contributed by atoms with Gasteiger partial charge in [0, 0.05) is 16.0 Å². The number of rotatable bonds is 7. The van der Waals surface area contributed by atoms with Crippen molar-refractivity contribution in [2.45, 2.75) is 0 Å². The van der Waals surface area contributed by atoms with Crippen molar-refractivity contribution in [1.82, 2.24) is 10.3 Å². The first-order chi connectivity index (χ1) is 12.3. The number of sulfonamides is 1. The average Bonchev–Trinajstić information content (AvgIpc) is 2.65. The monoisotopic (exact) mass is 396 g/mol. The molecule has 2 aromatic rings. The normalized spacial score (nSPS) is 11.3. The van der Waals surface area contributed by atoms with E-state index in [-0.39, 0.29) is 5.56 Å². The van der Waals surface area contributed by atoms with Gasteiger partial charge in [-0.05, 0) is 42.0 Å². The summed E-state index contributed by atoms with van der Waals surface area (Å²) >= 11 is 5.77. The van der Waals surface area contributed by atoms with Gasteiger partial charge in [0.2, 0.25) is 0 Å². The highest BCUT2D eigenvalue weighted by Gasteiger charge is 2.13. The molecule has 0 aromatic heterocycles. The van der Waals surface area contributed by atoms with Gasteiger partial charge in [0.05, 0.1) is 14.2 Å². The smallest absolute Gasteiger partial charge is 0.266 e. The summed E-state index contributed by atoms with van der Waals surface area (Å²) < 4.78 is 34.1. The van der Waals surface area contributed by atoms with Crippen molar-refractivity contribution in [2.75, 3.05) is 14.2 Å². The van der Waals surface area contributed by atoms with Gasteiger partial charge in [-0.25, -0.2) is 8.42 Å². The molecule has 0 radical (unpaired) electrons. The molecule has 0 bridgehead atoms. The average molecular weight is 397 g/mol. The van der Waals surface area contributed by atoms with E-state index < -0.39 is 15.9 Å². The van der Waals surface area contributed by atoms with Crippen LogP contribution in [0.15, 0.2) is 47.9 Å². The lowest BCUT2D eigenvalue weighted by Crippen LogP contribution is -2.40. The molecule has 0 aliphatic heterocycles. The van der Waals surface area contributed by atoms with Gasteiger partial charge >= 0.3 is 0 Å². The maximum absolute atomic E-state index is 12.1. The van der Waals surface area contributed by atoms with Crippen LogP contribution in [0.25, 0.3) is 6.08 Å². The van der Waals surface area contributed by atoms with Gasteiger partial charge in [-0.1, -0.05) is 23.7 Å². The lowest BCUT2D eigenvalue weighted by atomic mass is 10.2. The molecule has 2 N–H and O–H groups in total. The number of ether oxygens (including phenoxy) is 2. The number of methoxy groups -OCH3 is 2. The number of benzene rings is 2. The van der Waals surface area contributed by atoms with E-state index in [1.54, 1.807) is 30.3 Å². The number of amides is 1. The van der Waals surface area contributed by atoms with Crippen LogP contribution in [-0.4, -0.2) is 28.5 Å². The molecule has 7 nitrogen and oxygen atoms in total. The molecule has 26 heavy (non-hydrogen) atoms. The Labute approximate surface area is 156 Å². The zero-order valence-corrected chi connectivity index (χ0v) is 15.6. The maximum atomic E-state index is 12.1. The van der Waals surface area contributed by atoms with Gasteiger partial charge in [-0.2, -0.15) is 0 Å². The highest BCUT2D eigenvalue weighted by atomic mass is 35.5. The molecule has 0 atom stereocenters. The van der Waals surface area contributed by atoms with Gasteiger partial charge in [0.15, 0.2) is 11.5 Å². The second kappa shape index (κ2) is 8.70. The lowest BCUT2D eigenvalue weighted by molar-refractivity contribution is 0.0945. The van der Waals surface area contributed by atoms with Gasteiger partial charge in [-0.3, -0.25) is 10.2 Å². The standard InChI is InChI=1S/C17H17ClN2O5S/c1-24-15-8-5-13(11-16(15)25-2)17(21)19-20-26(22,23)10-9-12-3-6-14(18)7-4-12/h3-11,20H,1-2H3,(H,19,21)/b10-9+. The highest BCUT2D eigenvalue weighted by Crippen LogP contribution is 2.27. The largest absolute Gasteiger partial charge is 0.493 e. The Bertz CT molecular complexity index is 911. The zero-order chi connectivity index (χ0) is 19.2. The van der Waals surface area contributed by atoms with Crippen molar-refractivity contribution in [3.8, 4) is 11.5 Å². The number of nitrogens with one attached hydrogen (secondary N) is 2. The first-order valence-corrected chi connectivity index (χ1v) is 9.25. The van der Waals surface area contributed by atoms with Crippen molar-refractivity contribution in [2.24, 2.45) is 0 Å². The topological polar surface area (TPSA) is 93.7 Å². The molecule has 0 spiro atoms. The molecular weight excluding hydrogens is 380 g/mol. The third-order valence-electron chi connectivity index (χ3n) is 3.26. The van der Waals surface area contributed by atoms with Gasteiger partial charge < -0.3 is 9.47 Å². The summed E-state index contributed by atoms with van der Waals surface area (Å²) in [5.74, 6) is 0.163. The number of carbonyl (C=O) groups is 1. The Morgan fingerprint density at radius 2 is 1.69 bits per heavy atom. The fourth-order valence-electron chi connectivity index (χ4n) is 1.94. The molecule has 0 heterocycles. The van der Waals surface area contributed by atoms with Crippen molar-refractivity contribution in [3.63, 3.8) is 0 Å². The molecule has 0 saturated heterocycles. The minimum atomic E-state index is -3.87. The van der Waals surface area contributed by atoms with E-state index in [0.717, 1.165) is 5.41 Å². The molecule has 0 saturated carbocycles. The van der Waals surface area contributed by atoms with Crippen LogP contribution in [0.1, 0.15) is 15.9 Å². The van der Waals surface area contributed by atoms with Crippen LogP contribution in [0.3, 0.4) is 0 Å². The summed E-state index contributed by atoms with van der Waals surface area (Å²) in [5, 5.41) is 1.48. The first kappa shape index (κ1) is 19.8. The van der Waals surface area contributed by atoms with E-state index in [1.165, 1.54) is 32.4 Å². The second-order valence-electron chi connectivity index (χ2n) is 5.03. The minimum absolute atomic E-state index is 0.201. The van der Waals surface area contributed by atoms with E-state index in [1.807, 2.05) is 4.83 Å². The number of hydrogen-bond donors (Lipinski definition) is 2. The third-order valence-corrected chi connectivity index (χ3v) is 4.40. The van der Waals surface area contributed by atoms with E-state index >= 15 is 0 Å². The molecule has 1 amide bonds. The number of halogens is 1. The summed E-state index contributed by atoms with van der Waals surface area (Å²) in [6.07, 6.45) is 1.38. The summed E-state index contributed by atoms with van der Waals surface area (Å²) in [6, 6.07) is 11.1. The fourth-order valence-corrected chi connectivity index (χ4v) is 2.71. The molecule has 9 heteroatoms. The summed E-state index contributed by atoms with van der Waals surface area (Å²) in [4.78, 5) is 14.1. The Kier molecular flexibility index (Phi) is 6.62. The van der Waals surface area contributed by atoms with Crippen LogP contribution in [0.4, 0.5) is 0 Å². The quantitative estimate of drug-likeness (QED) is 0.701. The number of carbonyl (C=O) groups excluding carboxylic acids is 1. The van der Waals surface area contributed by atoms with Crippen molar-refractivity contribution in [1.29, 1.82) is 0 Å². The first-order valence-electron chi connectivity index (χ1n) is 7.32. The Hall–Kier alpha value is -2.55. The van der Waals surface area contributed by atoms with E-state index in [9.17, 15) is 13.2 Å². The van der Waals surface area contributed by atoms with E-state index in [4.69, 9.17) is 21.1 Å². The van der Waals surface area contributed by atoms with Gasteiger partial charge in [0.1, 0.15) is 0 Å². The lowest BCUT2D eigenvalue weighted by Gasteiger charge is -2.10. The Morgan fingerprint density at radius 3 is 2.31 bits per heavy atom. The molecule has 0 aliphatic carbocycles. The summed E-state index contributed by atoms with van der Waals surface area (Å²) in [5.41, 5.74) is 2.97. The van der Waals surface area contributed by atoms with E-state index in [0.29, 0.717) is 22.1 Å². The van der Waals surface area contributed by atoms with Gasteiger partial charge in [-0.15, -0.1) is 4.83 Å². The molecule has 2 aromatic carbocycles. The Balaban J connectivity index is 2.02. The highest BCUT2D eigenvalue weighted by molar-refractivity contribution is 7.92. The predicted octanol–water partition coefficient (Wildman–Crippen LogP) is 2.59. The molecule has 0 unspecified atom stereocenters. The van der Waals surface area contributed by atoms with Crippen LogP contribution in [-0.2, 0) is 10.0 Å². The van der Waals surface area contributed by atoms with Crippen LogP contribution in [0.5, 0.6) is 11.5 Å². The number of hydrazine groups is 1. The summed E-state index contributed by atoms with van der Waals surface area (Å²) in [6.45, 7) is 0. The molecule has 138 valence electrons. The van der Waals surface area contributed by atoms with Crippen LogP contribution < -0.4 is 19.7 Å². The van der Waals surface area contributed by atoms with Crippen molar-refractivity contribution >= 4 is 33.6 Å². The second-order valence-corrected chi connectivity index (χ2v) is 7.03. The fraction of sp³-hybridized carbons (Fsp3) is 0.118.